The van der Waals surface area contributed by atoms with Crippen LogP contribution in [0, 0.1) is 0 Å². The Kier molecular flexibility index (Phi) is 5.37. The number of carbonyl (C=O) groups is 2. The topological polar surface area (TPSA) is 66.4 Å². The minimum absolute atomic E-state index is 0.0801. The van der Waals surface area contributed by atoms with E-state index in [9.17, 15) is 41.0 Å². The first kappa shape index (κ1) is 21.2. The Morgan fingerprint density at radius 2 is 1.48 bits per heavy atom. The van der Waals surface area contributed by atoms with Gasteiger partial charge in [0.15, 0.2) is 0 Å². The number of aryl methyl sites for hydroxylation is 1. The number of halogens is 6. The number of carboxylic acids is 1. The van der Waals surface area contributed by atoms with Crippen molar-refractivity contribution in [2.75, 3.05) is 5.32 Å². The van der Waals surface area contributed by atoms with Crippen molar-refractivity contribution < 1.29 is 41.0 Å². The number of nitrogens with one attached hydrogen (secondary N) is 1. The average Bonchev–Trinajstić information content (AvgIpc) is 2.97. The highest BCUT2D eigenvalue weighted by Crippen LogP contribution is 2.39. The molecule has 2 N–H and O–H groups in total. The molecule has 0 saturated carbocycles. The minimum Gasteiger partial charge on any atom is -0.478 e. The number of aromatic carboxylic acids is 1. The molecular weight excluding hydrogens is 424 g/mol. The number of benzene rings is 1. The first-order chi connectivity index (χ1) is 13.4. The van der Waals surface area contributed by atoms with Crippen LogP contribution in [0.25, 0.3) is 0 Å². The van der Waals surface area contributed by atoms with Crippen LogP contribution in [-0.2, 0) is 25.2 Å². The van der Waals surface area contributed by atoms with Crippen molar-refractivity contribution in [3.63, 3.8) is 0 Å². The monoisotopic (exact) mass is 437 g/mol. The van der Waals surface area contributed by atoms with Crippen molar-refractivity contribution in [1.82, 2.24) is 0 Å². The molecule has 1 aromatic heterocycles. The van der Waals surface area contributed by atoms with Gasteiger partial charge >= 0.3 is 18.3 Å². The van der Waals surface area contributed by atoms with E-state index >= 15 is 0 Å². The number of hydrogen-bond acceptors (Lipinski definition) is 3. The van der Waals surface area contributed by atoms with E-state index in [4.69, 9.17) is 0 Å². The molecule has 4 nitrogen and oxygen atoms in total. The number of rotatable bonds is 3. The lowest BCUT2D eigenvalue weighted by atomic mass is 9.95. The normalized spacial score (nSPS) is 14.4. The summed E-state index contributed by atoms with van der Waals surface area (Å²) in [5, 5.41) is 11.5. The van der Waals surface area contributed by atoms with Gasteiger partial charge in [0.1, 0.15) is 5.00 Å². The van der Waals surface area contributed by atoms with Gasteiger partial charge in [-0.1, -0.05) is 0 Å². The van der Waals surface area contributed by atoms with E-state index in [0.717, 1.165) is 29.1 Å². The number of anilines is 1. The summed E-state index contributed by atoms with van der Waals surface area (Å²) in [5.74, 6) is -2.57. The highest BCUT2D eigenvalue weighted by atomic mass is 32.1. The summed E-state index contributed by atoms with van der Waals surface area (Å²) in [7, 11) is 0. The summed E-state index contributed by atoms with van der Waals surface area (Å²) in [6.45, 7) is 0. The quantitative estimate of drug-likeness (QED) is 0.613. The van der Waals surface area contributed by atoms with Gasteiger partial charge in [-0.05, 0) is 49.4 Å². The van der Waals surface area contributed by atoms with Crippen LogP contribution in [0.15, 0.2) is 18.2 Å². The Morgan fingerprint density at radius 1 is 0.931 bits per heavy atom. The lowest BCUT2D eigenvalue weighted by Crippen LogP contribution is -2.18. The Balaban J connectivity index is 2.02. The summed E-state index contributed by atoms with van der Waals surface area (Å²) in [4.78, 5) is 24.8. The number of alkyl halides is 6. The fraction of sp³-hybridized carbons (Fsp3) is 0.333. The van der Waals surface area contributed by atoms with Crippen LogP contribution in [0.5, 0.6) is 0 Å². The molecule has 0 unspecified atom stereocenters. The molecule has 0 atom stereocenters. The lowest BCUT2D eigenvalue weighted by Gasteiger charge is -2.14. The standard InChI is InChI=1S/C18H13F6NO3S/c19-17(20,21)9-5-8(6-10(7-9)18(22,23)24)14(26)25-15-13(16(27)28)11-3-1-2-4-12(11)29-15/h5-7H,1-4H2,(H,25,26)(H,27,28). The van der Waals surface area contributed by atoms with E-state index in [1.165, 1.54) is 0 Å². The maximum Gasteiger partial charge on any atom is 0.416 e. The molecule has 3 rings (SSSR count). The molecule has 11 heteroatoms. The van der Waals surface area contributed by atoms with E-state index in [0.29, 0.717) is 30.5 Å². The van der Waals surface area contributed by atoms with Crippen LogP contribution in [0.4, 0.5) is 31.3 Å². The molecule has 1 aliphatic rings. The largest absolute Gasteiger partial charge is 0.478 e. The summed E-state index contributed by atoms with van der Waals surface area (Å²) in [6, 6.07) is 0.528. The van der Waals surface area contributed by atoms with Gasteiger partial charge in [0.2, 0.25) is 0 Å². The highest BCUT2D eigenvalue weighted by Gasteiger charge is 2.37. The number of fused-ring (bicyclic) bond motifs is 1. The van der Waals surface area contributed by atoms with Gasteiger partial charge in [0.25, 0.3) is 5.91 Å². The van der Waals surface area contributed by atoms with Gasteiger partial charge in [0.05, 0.1) is 16.7 Å². The lowest BCUT2D eigenvalue weighted by molar-refractivity contribution is -0.143. The molecular formula is C18H13F6NO3S. The van der Waals surface area contributed by atoms with Crippen LogP contribution in [0.3, 0.4) is 0 Å². The Morgan fingerprint density at radius 3 is 2.00 bits per heavy atom. The van der Waals surface area contributed by atoms with Crippen molar-refractivity contribution in [2.45, 2.75) is 38.0 Å². The van der Waals surface area contributed by atoms with Gasteiger partial charge < -0.3 is 10.4 Å². The maximum atomic E-state index is 13.0. The number of carboxylic acid groups (broad SMARTS) is 1. The zero-order valence-corrected chi connectivity index (χ0v) is 15.3. The van der Waals surface area contributed by atoms with Crippen molar-refractivity contribution in [2.24, 2.45) is 0 Å². The van der Waals surface area contributed by atoms with Gasteiger partial charge in [0, 0.05) is 10.4 Å². The van der Waals surface area contributed by atoms with Gasteiger partial charge in [-0.3, -0.25) is 4.79 Å². The zero-order chi connectivity index (χ0) is 21.6. The summed E-state index contributed by atoms with van der Waals surface area (Å²) in [6.07, 6.45) is -7.54. The van der Waals surface area contributed by atoms with Crippen LogP contribution in [0.2, 0.25) is 0 Å². The second-order valence-corrected chi connectivity index (χ2v) is 7.57. The summed E-state index contributed by atoms with van der Waals surface area (Å²) in [5.41, 5.74) is -3.73. The predicted octanol–water partition coefficient (Wildman–Crippen LogP) is 5.62. The SMILES string of the molecule is O=C(Nc1sc2c(c1C(=O)O)CCCC2)c1cc(C(F)(F)F)cc(C(F)(F)F)c1. The van der Waals surface area contributed by atoms with Crippen LogP contribution >= 0.6 is 11.3 Å². The minimum atomic E-state index is -5.09. The highest BCUT2D eigenvalue weighted by molar-refractivity contribution is 7.17. The third kappa shape index (κ3) is 4.39. The fourth-order valence-electron chi connectivity index (χ4n) is 3.14. The van der Waals surface area contributed by atoms with E-state index in [2.05, 4.69) is 5.32 Å². The molecule has 1 heterocycles. The Hall–Kier alpha value is -2.56. The number of hydrogen-bond donors (Lipinski definition) is 2. The van der Waals surface area contributed by atoms with Gasteiger partial charge in [-0.15, -0.1) is 11.3 Å². The van der Waals surface area contributed by atoms with E-state index in [-0.39, 0.29) is 16.6 Å². The molecule has 0 bridgehead atoms. The second kappa shape index (κ2) is 7.36. The second-order valence-electron chi connectivity index (χ2n) is 6.47. The van der Waals surface area contributed by atoms with Gasteiger partial charge in [-0.25, -0.2) is 4.79 Å². The predicted molar refractivity (Wildman–Crippen MR) is 92.3 cm³/mol. The zero-order valence-electron chi connectivity index (χ0n) is 14.5. The molecule has 0 radical (unpaired) electrons. The molecule has 0 spiro atoms. The molecule has 0 fully saturated rings. The number of amides is 1. The molecule has 29 heavy (non-hydrogen) atoms. The van der Waals surface area contributed by atoms with Crippen LogP contribution in [0.1, 0.15) is 55.1 Å². The molecule has 1 aromatic carbocycles. The molecule has 2 aromatic rings. The fourth-order valence-corrected chi connectivity index (χ4v) is 4.42. The van der Waals surface area contributed by atoms with E-state index in [1.807, 2.05) is 0 Å². The molecule has 0 aliphatic heterocycles. The molecule has 156 valence electrons. The third-order valence-electron chi connectivity index (χ3n) is 4.46. The molecule has 0 saturated heterocycles. The van der Waals surface area contributed by atoms with Crippen LogP contribution < -0.4 is 5.32 Å². The van der Waals surface area contributed by atoms with Crippen LogP contribution in [-0.4, -0.2) is 17.0 Å². The Bertz CT molecular complexity index is 945. The van der Waals surface area contributed by atoms with E-state index < -0.39 is 40.9 Å². The molecule has 1 amide bonds. The number of carbonyl (C=O) groups excluding carboxylic acids is 1. The van der Waals surface area contributed by atoms with Gasteiger partial charge in [-0.2, -0.15) is 26.3 Å². The first-order valence-electron chi connectivity index (χ1n) is 8.36. The van der Waals surface area contributed by atoms with E-state index in [1.54, 1.807) is 0 Å². The summed E-state index contributed by atoms with van der Waals surface area (Å²) >= 11 is 0.976. The molecule has 1 aliphatic carbocycles. The van der Waals surface area contributed by atoms with Crippen molar-refractivity contribution >= 4 is 28.2 Å². The average molecular weight is 437 g/mol. The van der Waals surface area contributed by atoms with Crippen molar-refractivity contribution in [1.29, 1.82) is 0 Å². The Labute approximate surface area is 164 Å². The first-order valence-corrected chi connectivity index (χ1v) is 9.18. The third-order valence-corrected chi connectivity index (χ3v) is 5.67. The van der Waals surface area contributed by atoms with Crippen molar-refractivity contribution in [3.8, 4) is 0 Å². The van der Waals surface area contributed by atoms with Crippen molar-refractivity contribution in [3.05, 3.63) is 50.9 Å². The summed E-state index contributed by atoms with van der Waals surface area (Å²) < 4.78 is 77.9. The maximum absolute atomic E-state index is 13.0. The smallest absolute Gasteiger partial charge is 0.416 e. The number of thiophene rings is 1.